The summed E-state index contributed by atoms with van der Waals surface area (Å²) < 4.78 is 97.9. The fourth-order valence-electron chi connectivity index (χ4n) is 9.67. The van der Waals surface area contributed by atoms with Gasteiger partial charge in [-0.2, -0.15) is 26.3 Å². The van der Waals surface area contributed by atoms with E-state index >= 15 is 0 Å². The molecule has 0 aromatic heterocycles. The maximum atomic E-state index is 14.6. The van der Waals surface area contributed by atoms with Gasteiger partial charge in [-0.1, -0.05) is 118 Å². The number of carbonyl (C=O) groups is 2. The monoisotopic (exact) mass is 875 g/mol. The highest BCUT2D eigenvalue weighted by Gasteiger charge is 2.59. The molecule has 0 bridgehead atoms. The van der Waals surface area contributed by atoms with Crippen LogP contribution < -0.4 is 15.3 Å². The van der Waals surface area contributed by atoms with E-state index in [0.717, 1.165) is 15.9 Å². The van der Waals surface area contributed by atoms with Gasteiger partial charge < -0.3 is 19.2 Å². The molecule has 15 heteroatoms. The number of rotatable bonds is 11. The highest BCUT2D eigenvalue weighted by molar-refractivity contribution is 6.99. The molecule has 0 saturated carbocycles. The third-order valence-corrected chi connectivity index (χ3v) is 17.5. The zero-order valence-electron chi connectivity index (χ0n) is 34.8. The van der Waals surface area contributed by atoms with Gasteiger partial charge in [0, 0.05) is 5.56 Å². The van der Waals surface area contributed by atoms with Crippen molar-refractivity contribution in [3.8, 4) is 5.75 Å². The van der Waals surface area contributed by atoms with Crippen molar-refractivity contribution in [2.75, 3.05) is 11.5 Å². The number of benzene rings is 4. The van der Waals surface area contributed by atoms with Crippen LogP contribution >= 0.6 is 0 Å². The quantitative estimate of drug-likeness (QED) is 0.0675. The van der Waals surface area contributed by atoms with Crippen molar-refractivity contribution < 1.29 is 55.1 Å². The van der Waals surface area contributed by atoms with E-state index in [4.69, 9.17) is 9.08 Å². The minimum atomic E-state index is -5.21. The molecular formula is C47H48BF6NO6Si. The summed E-state index contributed by atoms with van der Waals surface area (Å²) in [5, 5.41) is 23.3. The van der Waals surface area contributed by atoms with Crippen LogP contribution in [0.15, 0.2) is 120 Å². The molecule has 0 spiro atoms. The number of carbonyl (C=O) groups excluding carboxylic acids is 2. The van der Waals surface area contributed by atoms with Gasteiger partial charge in [-0.05, 0) is 88.7 Å². The Kier molecular flexibility index (Phi) is 12.6. The topological polar surface area (TPSA) is 96.3 Å². The van der Waals surface area contributed by atoms with Gasteiger partial charge in [-0.15, -0.1) is 0 Å². The van der Waals surface area contributed by atoms with E-state index in [0.29, 0.717) is 53.0 Å². The molecule has 4 atom stereocenters. The summed E-state index contributed by atoms with van der Waals surface area (Å²) in [5.74, 6) is -5.00. The van der Waals surface area contributed by atoms with Crippen molar-refractivity contribution in [3.05, 3.63) is 137 Å². The summed E-state index contributed by atoms with van der Waals surface area (Å²) in [6.07, 6.45) is -8.20. The standard InChI is InChI=1S/C47H48BF6NO6Si/c1-5-29(22-30-14-12-13-19-39(30)56)20-21-40-41-31(28-60-62(45(2,3)4,35-15-8-6-9-16-35)36-17-10-7-11-18-36)23-37-42(38(41)27-48(59)61-40)44(58)55(43(37)57)34-25-32(46(49,50)51)24-33(26-34)47(52,53)54/h6-19,22,24-26,37-38,40,42,56,59H,5,20-21,23,27-28H2,1-4H3/b29-22+/t37-,38+,40-,42-/m1/s1. The number of imide groups is 1. The molecule has 1 aliphatic carbocycles. The molecule has 2 N–H and O–H groups in total. The van der Waals surface area contributed by atoms with Crippen molar-refractivity contribution in [1.82, 2.24) is 0 Å². The van der Waals surface area contributed by atoms with Crippen LogP contribution in [0, 0.1) is 17.8 Å². The number of alkyl halides is 6. The first kappa shape index (κ1) is 45.1. The normalized spacial score (nSPS) is 21.4. The predicted octanol–water partition coefficient (Wildman–Crippen LogP) is 9.58. The van der Waals surface area contributed by atoms with Crippen molar-refractivity contribution >= 4 is 49.4 Å². The number of hydrogen-bond acceptors (Lipinski definition) is 6. The molecule has 4 aromatic carbocycles. The van der Waals surface area contributed by atoms with Gasteiger partial charge in [0.1, 0.15) is 5.75 Å². The molecule has 2 aliphatic heterocycles. The molecule has 2 amide bonds. The largest absolute Gasteiger partial charge is 0.507 e. The third kappa shape index (κ3) is 8.69. The number of aromatic hydroxyl groups is 1. The maximum absolute atomic E-state index is 14.6. The van der Waals surface area contributed by atoms with Crippen LogP contribution in [-0.4, -0.2) is 50.1 Å². The van der Waals surface area contributed by atoms with E-state index in [1.54, 1.807) is 24.3 Å². The molecule has 0 unspecified atom stereocenters. The SMILES string of the molecule is CC/C(=C\c1ccccc1O)CC[C@H]1OB(O)C[C@H]2C1=C(CO[Si](c1ccccc1)(c1ccccc1)C(C)(C)C)C[C@H]1C(=O)N(c3cc(C(F)(F)F)cc(C(F)(F)F)c3)C(=O)[C@H]12. The number of halogens is 6. The summed E-state index contributed by atoms with van der Waals surface area (Å²) in [7, 11) is -4.63. The average Bonchev–Trinajstić information content (AvgIpc) is 3.47. The Morgan fingerprint density at radius 1 is 0.839 bits per heavy atom. The van der Waals surface area contributed by atoms with Crippen molar-refractivity contribution in [3.63, 3.8) is 0 Å². The first-order valence-corrected chi connectivity index (χ1v) is 22.6. The molecule has 7 rings (SSSR count). The van der Waals surface area contributed by atoms with E-state index in [1.807, 2.05) is 73.7 Å². The summed E-state index contributed by atoms with van der Waals surface area (Å²) in [4.78, 5) is 29.5. The number of para-hydroxylation sites is 1. The smallest absolute Gasteiger partial charge is 0.455 e. The molecule has 2 fully saturated rings. The summed E-state index contributed by atoms with van der Waals surface area (Å²) in [6.45, 7) is 8.24. The highest BCUT2D eigenvalue weighted by Crippen LogP contribution is 2.52. The minimum Gasteiger partial charge on any atom is -0.507 e. The number of anilines is 1. The Balaban J connectivity index is 1.34. The van der Waals surface area contributed by atoms with Gasteiger partial charge in [0.25, 0.3) is 8.32 Å². The zero-order valence-corrected chi connectivity index (χ0v) is 35.8. The number of phenolic OH excluding ortho intramolecular Hbond substituents is 1. The van der Waals surface area contributed by atoms with Crippen LogP contribution in [0.5, 0.6) is 5.75 Å². The second kappa shape index (κ2) is 17.3. The van der Waals surface area contributed by atoms with E-state index in [2.05, 4.69) is 20.8 Å². The molecule has 3 aliphatic rings. The van der Waals surface area contributed by atoms with Gasteiger partial charge in [-0.3, -0.25) is 9.59 Å². The van der Waals surface area contributed by atoms with E-state index in [9.17, 15) is 46.1 Å². The van der Waals surface area contributed by atoms with Gasteiger partial charge in [0.15, 0.2) is 0 Å². The lowest BCUT2D eigenvalue weighted by Crippen LogP contribution is -2.66. The van der Waals surface area contributed by atoms with Crippen LogP contribution in [0.2, 0.25) is 11.4 Å². The number of hydrogen-bond donors (Lipinski definition) is 2. The minimum absolute atomic E-state index is 0.0318. The van der Waals surface area contributed by atoms with Gasteiger partial charge in [0.2, 0.25) is 11.8 Å². The number of fused-ring (bicyclic) bond motifs is 3. The first-order chi connectivity index (χ1) is 29.2. The van der Waals surface area contributed by atoms with Gasteiger partial charge in [-0.25, -0.2) is 4.90 Å². The summed E-state index contributed by atoms with van der Waals surface area (Å²) >= 11 is 0. The van der Waals surface area contributed by atoms with Crippen molar-refractivity contribution in [2.45, 2.75) is 83.2 Å². The van der Waals surface area contributed by atoms with Crippen LogP contribution in [0.3, 0.4) is 0 Å². The Bertz CT molecular complexity index is 2290. The van der Waals surface area contributed by atoms with Crippen molar-refractivity contribution in [2.24, 2.45) is 17.8 Å². The molecule has 326 valence electrons. The van der Waals surface area contributed by atoms with Crippen molar-refractivity contribution in [1.29, 1.82) is 0 Å². The second-order valence-corrected chi connectivity index (χ2v) is 21.6. The summed E-state index contributed by atoms with van der Waals surface area (Å²) in [5.41, 5.74) is -1.29. The molecule has 2 saturated heterocycles. The third-order valence-electron chi connectivity index (χ3n) is 12.5. The lowest BCUT2D eigenvalue weighted by atomic mass is 9.58. The Morgan fingerprint density at radius 2 is 1.40 bits per heavy atom. The van der Waals surface area contributed by atoms with Gasteiger partial charge in [0.05, 0.1) is 41.4 Å². The average molecular weight is 876 g/mol. The molecular weight excluding hydrogens is 827 g/mol. The van der Waals surface area contributed by atoms with Crippen LogP contribution in [-0.2, 0) is 31.0 Å². The maximum Gasteiger partial charge on any atom is 0.455 e. The van der Waals surface area contributed by atoms with E-state index in [1.165, 1.54) is 0 Å². The van der Waals surface area contributed by atoms with Crippen LogP contribution in [0.1, 0.15) is 70.1 Å². The Hall–Kier alpha value is -4.96. The number of amides is 2. The molecule has 4 aromatic rings. The molecule has 0 radical (unpaired) electrons. The predicted molar refractivity (Wildman–Crippen MR) is 228 cm³/mol. The summed E-state index contributed by atoms with van der Waals surface area (Å²) in [6, 6.07) is 27.3. The number of phenols is 1. The lowest BCUT2D eigenvalue weighted by molar-refractivity contribution is -0.143. The zero-order chi connectivity index (χ0) is 44.8. The molecule has 62 heavy (non-hydrogen) atoms. The highest BCUT2D eigenvalue weighted by atomic mass is 28.4. The lowest BCUT2D eigenvalue weighted by Gasteiger charge is -2.46. The Morgan fingerprint density at radius 3 is 1.94 bits per heavy atom. The van der Waals surface area contributed by atoms with E-state index in [-0.39, 0.29) is 31.2 Å². The van der Waals surface area contributed by atoms with Crippen LogP contribution in [0.25, 0.3) is 6.08 Å². The molecule has 7 nitrogen and oxygen atoms in total. The molecule has 2 heterocycles. The Labute approximate surface area is 358 Å². The van der Waals surface area contributed by atoms with E-state index < -0.39 is 85.3 Å². The number of nitrogens with zero attached hydrogens (tertiary/aromatic N) is 1. The van der Waals surface area contributed by atoms with Gasteiger partial charge >= 0.3 is 19.5 Å². The van der Waals surface area contributed by atoms with Crippen LogP contribution in [0.4, 0.5) is 32.0 Å². The first-order valence-electron chi connectivity index (χ1n) is 20.7. The second-order valence-electron chi connectivity index (χ2n) is 17.3. The number of allylic oxidation sites excluding steroid dienone is 1. The fourth-order valence-corrected chi connectivity index (χ4v) is 14.2. The fraction of sp³-hybridized carbons (Fsp3) is 0.362.